The lowest BCUT2D eigenvalue weighted by atomic mass is 9.85. The number of benzene rings is 1. The minimum absolute atomic E-state index is 0.0989. The first kappa shape index (κ1) is 15.7. The first-order valence-electron chi connectivity index (χ1n) is 6.58. The van der Waals surface area contributed by atoms with E-state index in [0.717, 1.165) is 11.1 Å². The van der Waals surface area contributed by atoms with E-state index >= 15 is 0 Å². The predicted molar refractivity (Wildman–Crippen MR) is 78.8 cm³/mol. The van der Waals surface area contributed by atoms with Gasteiger partial charge in [0.2, 0.25) is 0 Å². The van der Waals surface area contributed by atoms with Gasteiger partial charge in [-0.3, -0.25) is 9.69 Å². The van der Waals surface area contributed by atoms with Gasteiger partial charge in [0, 0.05) is 0 Å². The standard InChI is InChI=1S/C16H25NO2/c1-11-8-13(16(3,4)5)9-12(2)15(11)19-14(18)10-17(6)7/h8-9H,10H2,1-7H3. The van der Waals surface area contributed by atoms with E-state index in [4.69, 9.17) is 4.74 Å². The SMILES string of the molecule is Cc1cc(C(C)(C)C)cc(C)c1OC(=O)CN(C)C. The van der Waals surface area contributed by atoms with E-state index in [1.54, 1.807) is 4.90 Å². The molecule has 3 nitrogen and oxygen atoms in total. The van der Waals surface area contributed by atoms with Gasteiger partial charge < -0.3 is 4.74 Å². The third kappa shape index (κ3) is 4.35. The Morgan fingerprint density at radius 1 is 1.16 bits per heavy atom. The van der Waals surface area contributed by atoms with Crippen molar-refractivity contribution in [1.82, 2.24) is 4.90 Å². The van der Waals surface area contributed by atoms with Crippen LogP contribution in [0.2, 0.25) is 0 Å². The molecule has 0 aliphatic rings. The summed E-state index contributed by atoms with van der Waals surface area (Å²) < 4.78 is 5.47. The summed E-state index contributed by atoms with van der Waals surface area (Å²) in [4.78, 5) is 13.5. The van der Waals surface area contributed by atoms with Crippen molar-refractivity contribution in [2.75, 3.05) is 20.6 Å². The lowest BCUT2D eigenvalue weighted by Crippen LogP contribution is -2.26. The second kappa shape index (κ2) is 5.74. The van der Waals surface area contributed by atoms with Gasteiger partial charge >= 0.3 is 5.97 Å². The monoisotopic (exact) mass is 263 g/mol. The van der Waals surface area contributed by atoms with Gasteiger partial charge in [0.1, 0.15) is 5.75 Å². The summed E-state index contributed by atoms with van der Waals surface area (Å²) >= 11 is 0. The number of nitrogens with zero attached hydrogens (tertiary/aromatic N) is 1. The van der Waals surface area contributed by atoms with Gasteiger partial charge in [-0.05, 0) is 50.0 Å². The van der Waals surface area contributed by atoms with Gasteiger partial charge in [0.05, 0.1) is 6.54 Å². The van der Waals surface area contributed by atoms with E-state index in [1.165, 1.54) is 5.56 Å². The highest BCUT2D eigenvalue weighted by Gasteiger charge is 2.18. The van der Waals surface area contributed by atoms with Gasteiger partial charge in [-0.25, -0.2) is 0 Å². The Morgan fingerprint density at radius 2 is 1.63 bits per heavy atom. The van der Waals surface area contributed by atoms with Crippen LogP contribution in [0.25, 0.3) is 0 Å². The molecule has 0 heterocycles. The van der Waals surface area contributed by atoms with E-state index in [0.29, 0.717) is 12.3 Å². The zero-order chi connectivity index (χ0) is 14.8. The third-order valence-electron chi connectivity index (χ3n) is 2.99. The number of hydrogen-bond acceptors (Lipinski definition) is 3. The molecule has 0 amide bonds. The Hall–Kier alpha value is -1.35. The van der Waals surface area contributed by atoms with Gasteiger partial charge in [-0.1, -0.05) is 32.9 Å². The molecule has 0 bridgehead atoms. The zero-order valence-corrected chi connectivity index (χ0v) is 13.1. The maximum absolute atomic E-state index is 11.7. The molecule has 19 heavy (non-hydrogen) atoms. The molecule has 0 fully saturated rings. The fourth-order valence-corrected chi connectivity index (χ4v) is 1.95. The summed E-state index contributed by atoms with van der Waals surface area (Å²) in [6.45, 7) is 10.8. The molecule has 3 heteroatoms. The molecule has 0 saturated heterocycles. The van der Waals surface area contributed by atoms with Crippen molar-refractivity contribution in [2.24, 2.45) is 0 Å². The molecule has 1 aromatic carbocycles. The van der Waals surface area contributed by atoms with Crippen molar-refractivity contribution in [3.8, 4) is 5.75 Å². The molecule has 0 atom stereocenters. The van der Waals surface area contributed by atoms with Crippen LogP contribution in [0.5, 0.6) is 5.75 Å². The molecule has 0 unspecified atom stereocenters. The minimum atomic E-state index is -0.222. The second-order valence-electron chi connectivity index (χ2n) is 6.40. The average molecular weight is 263 g/mol. The van der Waals surface area contributed by atoms with E-state index in [-0.39, 0.29) is 11.4 Å². The number of ether oxygens (including phenoxy) is 1. The molecule has 0 aliphatic heterocycles. The molecule has 0 radical (unpaired) electrons. The summed E-state index contributed by atoms with van der Waals surface area (Å²) in [5, 5.41) is 0. The fourth-order valence-electron chi connectivity index (χ4n) is 1.95. The molecule has 0 N–H and O–H groups in total. The Labute approximate surface area is 116 Å². The highest BCUT2D eigenvalue weighted by molar-refractivity contribution is 5.75. The van der Waals surface area contributed by atoms with Crippen LogP contribution in [0.15, 0.2) is 12.1 Å². The van der Waals surface area contributed by atoms with Crippen LogP contribution in [-0.2, 0) is 10.2 Å². The molecule has 0 spiro atoms. The molecule has 106 valence electrons. The molecular weight excluding hydrogens is 238 g/mol. The van der Waals surface area contributed by atoms with E-state index in [2.05, 4.69) is 32.9 Å². The minimum Gasteiger partial charge on any atom is -0.425 e. The average Bonchev–Trinajstić information content (AvgIpc) is 2.20. The van der Waals surface area contributed by atoms with Crippen LogP contribution in [0.3, 0.4) is 0 Å². The quantitative estimate of drug-likeness (QED) is 0.620. The highest BCUT2D eigenvalue weighted by Crippen LogP contribution is 2.31. The highest BCUT2D eigenvalue weighted by atomic mass is 16.5. The number of carbonyl (C=O) groups is 1. The number of carbonyl (C=O) groups excluding carboxylic acids is 1. The van der Waals surface area contributed by atoms with Crippen LogP contribution < -0.4 is 4.74 Å². The Kier molecular flexibility index (Phi) is 4.75. The molecule has 0 aromatic heterocycles. The van der Waals surface area contributed by atoms with E-state index < -0.39 is 0 Å². The van der Waals surface area contributed by atoms with Crippen LogP contribution in [0.4, 0.5) is 0 Å². The molecule has 0 saturated carbocycles. The Morgan fingerprint density at radius 3 is 2.00 bits per heavy atom. The number of hydrogen-bond donors (Lipinski definition) is 0. The number of aryl methyl sites for hydroxylation is 2. The lowest BCUT2D eigenvalue weighted by Gasteiger charge is -2.22. The van der Waals surface area contributed by atoms with Crippen LogP contribution in [0.1, 0.15) is 37.5 Å². The molecule has 0 aliphatic carbocycles. The fraction of sp³-hybridized carbons (Fsp3) is 0.562. The predicted octanol–water partition coefficient (Wildman–Crippen LogP) is 3.07. The molecule has 1 aromatic rings. The number of likely N-dealkylation sites (N-methyl/N-ethyl adjacent to an activating group) is 1. The van der Waals surface area contributed by atoms with Gasteiger partial charge in [0.15, 0.2) is 0 Å². The normalized spacial score (nSPS) is 11.8. The van der Waals surface area contributed by atoms with Crippen LogP contribution in [0, 0.1) is 13.8 Å². The van der Waals surface area contributed by atoms with E-state index in [9.17, 15) is 4.79 Å². The first-order valence-corrected chi connectivity index (χ1v) is 6.58. The van der Waals surface area contributed by atoms with Gasteiger partial charge in [0.25, 0.3) is 0 Å². The van der Waals surface area contributed by atoms with Crippen molar-refractivity contribution in [3.05, 3.63) is 28.8 Å². The number of rotatable bonds is 3. The lowest BCUT2D eigenvalue weighted by molar-refractivity contribution is -0.135. The largest absolute Gasteiger partial charge is 0.425 e. The third-order valence-corrected chi connectivity index (χ3v) is 2.99. The van der Waals surface area contributed by atoms with Gasteiger partial charge in [-0.2, -0.15) is 0 Å². The van der Waals surface area contributed by atoms with Crippen molar-refractivity contribution in [3.63, 3.8) is 0 Å². The van der Waals surface area contributed by atoms with Crippen LogP contribution in [-0.4, -0.2) is 31.5 Å². The smallest absolute Gasteiger partial charge is 0.325 e. The van der Waals surface area contributed by atoms with E-state index in [1.807, 2.05) is 27.9 Å². The first-order chi connectivity index (χ1) is 8.61. The van der Waals surface area contributed by atoms with Crippen molar-refractivity contribution >= 4 is 5.97 Å². The summed E-state index contributed by atoms with van der Waals surface area (Å²) in [6, 6.07) is 4.20. The summed E-state index contributed by atoms with van der Waals surface area (Å²) in [5.41, 5.74) is 3.38. The summed E-state index contributed by atoms with van der Waals surface area (Å²) in [6.07, 6.45) is 0. The molecule has 1 rings (SSSR count). The summed E-state index contributed by atoms with van der Waals surface area (Å²) in [5.74, 6) is 0.472. The second-order valence-corrected chi connectivity index (χ2v) is 6.40. The Balaban J connectivity index is 3.01. The van der Waals surface area contributed by atoms with Crippen molar-refractivity contribution in [1.29, 1.82) is 0 Å². The number of esters is 1. The van der Waals surface area contributed by atoms with Crippen molar-refractivity contribution < 1.29 is 9.53 Å². The van der Waals surface area contributed by atoms with Gasteiger partial charge in [-0.15, -0.1) is 0 Å². The molecular formula is C16H25NO2. The topological polar surface area (TPSA) is 29.5 Å². The maximum atomic E-state index is 11.7. The van der Waals surface area contributed by atoms with Crippen molar-refractivity contribution in [2.45, 2.75) is 40.0 Å². The summed E-state index contributed by atoms with van der Waals surface area (Å²) in [7, 11) is 3.70. The Bertz CT molecular complexity index is 447. The maximum Gasteiger partial charge on any atom is 0.325 e. The zero-order valence-electron chi connectivity index (χ0n) is 13.1. The van der Waals surface area contributed by atoms with Crippen LogP contribution >= 0.6 is 0 Å².